The van der Waals surface area contributed by atoms with Gasteiger partial charge in [-0.15, -0.1) is 0 Å². The van der Waals surface area contributed by atoms with Gasteiger partial charge in [0.1, 0.15) is 30.1 Å². The van der Waals surface area contributed by atoms with Crippen molar-refractivity contribution in [3.63, 3.8) is 0 Å². The van der Waals surface area contributed by atoms with Gasteiger partial charge in [-0.2, -0.15) is 13.2 Å². The molecule has 0 radical (unpaired) electrons. The Kier molecular flexibility index (Phi) is 6.50. The normalized spacial score (nSPS) is 22.1. The highest BCUT2D eigenvalue weighted by molar-refractivity contribution is 6.20. The highest BCUT2D eigenvalue weighted by atomic mass is 19.4. The van der Waals surface area contributed by atoms with Crippen LogP contribution in [-0.4, -0.2) is 61.0 Å². The first-order valence-corrected chi connectivity index (χ1v) is 11.2. The van der Waals surface area contributed by atoms with E-state index >= 15 is 0 Å². The minimum atomic E-state index is -4.71. The summed E-state index contributed by atoms with van der Waals surface area (Å²) < 4.78 is 83.9. The summed E-state index contributed by atoms with van der Waals surface area (Å²) in [6, 6.07) is 10.6. The van der Waals surface area contributed by atoms with Gasteiger partial charge in [0.05, 0.1) is 25.3 Å². The Morgan fingerprint density at radius 1 is 1.14 bits per heavy atom. The summed E-state index contributed by atoms with van der Waals surface area (Å²) in [4.78, 5) is 18.0. The SMILES string of the molecule is COc1cccc2oc(C3=C(COCC(F)F)NC4C(c5ccccc5)C(C(F)(F)F)NN4C3=O)nc12. The van der Waals surface area contributed by atoms with E-state index in [4.69, 9.17) is 13.9 Å². The van der Waals surface area contributed by atoms with Crippen LogP contribution in [0.5, 0.6) is 5.75 Å². The first kappa shape index (κ1) is 25.0. The first-order valence-electron chi connectivity index (χ1n) is 11.2. The molecular formula is C24H21F5N4O4. The van der Waals surface area contributed by atoms with Crippen molar-refractivity contribution in [1.82, 2.24) is 20.7 Å². The van der Waals surface area contributed by atoms with Crippen molar-refractivity contribution in [2.45, 2.75) is 30.7 Å². The van der Waals surface area contributed by atoms with Crippen molar-refractivity contribution in [2.24, 2.45) is 0 Å². The minimum absolute atomic E-state index is 0.0250. The molecule has 2 N–H and O–H groups in total. The molecule has 13 heteroatoms. The van der Waals surface area contributed by atoms with Gasteiger partial charge in [-0.05, 0) is 17.7 Å². The lowest BCUT2D eigenvalue weighted by molar-refractivity contribution is -0.161. The molecule has 1 amide bonds. The van der Waals surface area contributed by atoms with Crippen LogP contribution >= 0.6 is 0 Å². The standard InChI is InChI=1S/C24H21F5N4O4/c1-35-14-8-5-9-15-19(14)31-22(37-15)18-13(10-36-11-16(25)26)30-21-17(12-6-3-2-4-7-12)20(24(27,28)29)32-33(21)23(18)34/h2-9,16-17,20-21,30,32H,10-11H2,1H3. The Balaban J connectivity index is 1.60. The first-order chi connectivity index (χ1) is 17.7. The lowest BCUT2D eigenvalue weighted by Gasteiger charge is -2.35. The summed E-state index contributed by atoms with van der Waals surface area (Å²) in [6.45, 7) is -1.45. The molecule has 1 saturated heterocycles. The maximum absolute atomic E-state index is 14.1. The number of carbonyl (C=O) groups excluding carboxylic acids is 1. The molecule has 3 atom stereocenters. The number of halogens is 5. The molecule has 2 aliphatic rings. The number of oxazole rings is 1. The van der Waals surface area contributed by atoms with Crippen molar-refractivity contribution in [3.8, 4) is 5.75 Å². The van der Waals surface area contributed by atoms with Crippen LogP contribution in [0, 0.1) is 0 Å². The molecule has 0 bridgehead atoms. The van der Waals surface area contributed by atoms with E-state index in [1.54, 1.807) is 36.4 Å². The second kappa shape index (κ2) is 9.63. The van der Waals surface area contributed by atoms with Crippen LogP contribution in [0.2, 0.25) is 0 Å². The van der Waals surface area contributed by atoms with Gasteiger partial charge in [0.15, 0.2) is 11.1 Å². The van der Waals surface area contributed by atoms with Crippen molar-refractivity contribution in [3.05, 3.63) is 65.7 Å². The quantitative estimate of drug-likeness (QED) is 0.455. The number of fused-ring (bicyclic) bond motifs is 2. The van der Waals surface area contributed by atoms with E-state index in [2.05, 4.69) is 15.7 Å². The number of nitrogens with zero attached hydrogens (tertiary/aromatic N) is 2. The number of hydrogen-bond acceptors (Lipinski definition) is 7. The Morgan fingerprint density at radius 2 is 1.89 bits per heavy atom. The zero-order valence-electron chi connectivity index (χ0n) is 19.3. The van der Waals surface area contributed by atoms with Gasteiger partial charge in [0, 0.05) is 0 Å². The predicted octanol–water partition coefficient (Wildman–Crippen LogP) is 3.82. The van der Waals surface area contributed by atoms with E-state index in [1.165, 1.54) is 19.2 Å². The van der Waals surface area contributed by atoms with E-state index in [0.29, 0.717) is 11.3 Å². The molecule has 0 aliphatic carbocycles. The topological polar surface area (TPSA) is 88.9 Å². The average molecular weight is 524 g/mol. The second-order valence-corrected chi connectivity index (χ2v) is 8.43. The molecule has 3 heterocycles. The Labute approximate surface area is 207 Å². The molecule has 1 aromatic heterocycles. The number of ether oxygens (including phenoxy) is 2. The number of carbonyl (C=O) groups is 1. The van der Waals surface area contributed by atoms with Crippen LogP contribution in [0.3, 0.4) is 0 Å². The van der Waals surface area contributed by atoms with Gasteiger partial charge >= 0.3 is 6.18 Å². The van der Waals surface area contributed by atoms with Crippen molar-refractivity contribution >= 4 is 22.6 Å². The van der Waals surface area contributed by atoms with E-state index in [-0.39, 0.29) is 28.3 Å². The summed E-state index contributed by atoms with van der Waals surface area (Å²) in [5.74, 6) is -2.00. The fourth-order valence-corrected chi connectivity index (χ4v) is 4.60. The zero-order chi connectivity index (χ0) is 26.3. The summed E-state index contributed by atoms with van der Waals surface area (Å²) in [5.41, 5.74) is 2.88. The average Bonchev–Trinajstić information content (AvgIpc) is 3.46. The number of para-hydroxylation sites is 1. The number of aromatic nitrogens is 1. The third-order valence-corrected chi connectivity index (χ3v) is 6.16. The Morgan fingerprint density at radius 3 is 2.57 bits per heavy atom. The van der Waals surface area contributed by atoms with Gasteiger partial charge < -0.3 is 19.2 Å². The summed E-state index contributed by atoms with van der Waals surface area (Å²) in [7, 11) is 1.42. The molecule has 5 rings (SSSR count). The Hall–Kier alpha value is -3.71. The van der Waals surface area contributed by atoms with Crippen LogP contribution in [0.1, 0.15) is 17.4 Å². The number of rotatable bonds is 7. The van der Waals surface area contributed by atoms with Crippen LogP contribution in [-0.2, 0) is 9.53 Å². The molecule has 196 valence electrons. The van der Waals surface area contributed by atoms with Crippen LogP contribution in [0.4, 0.5) is 22.0 Å². The largest absolute Gasteiger partial charge is 0.494 e. The van der Waals surface area contributed by atoms with Crippen LogP contribution in [0.15, 0.2) is 58.6 Å². The van der Waals surface area contributed by atoms with Gasteiger partial charge in [0.25, 0.3) is 12.3 Å². The second-order valence-electron chi connectivity index (χ2n) is 8.43. The fraction of sp³-hybridized carbons (Fsp3) is 0.333. The lowest BCUT2D eigenvalue weighted by Crippen LogP contribution is -2.55. The number of methoxy groups -OCH3 is 1. The molecule has 2 aliphatic heterocycles. The van der Waals surface area contributed by atoms with Crippen LogP contribution < -0.4 is 15.5 Å². The van der Waals surface area contributed by atoms with Gasteiger partial charge in [0.2, 0.25) is 5.89 Å². The van der Waals surface area contributed by atoms with E-state index in [9.17, 15) is 26.7 Å². The maximum atomic E-state index is 14.1. The van der Waals surface area contributed by atoms with Crippen molar-refractivity contribution in [1.29, 1.82) is 0 Å². The van der Waals surface area contributed by atoms with Gasteiger partial charge in [-0.1, -0.05) is 36.4 Å². The molecule has 3 unspecified atom stereocenters. The molecule has 3 aromatic rings. The molecule has 0 saturated carbocycles. The molecular weight excluding hydrogens is 503 g/mol. The number of benzene rings is 2. The van der Waals surface area contributed by atoms with Crippen molar-refractivity contribution < 1.29 is 40.6 Å². The van der Waals surface area contributed by atoms with E-state index < -0.39 is 49.8 Å². The number of amides is 1. The highest BCUT2D eigenvalue weighted by Crippen LogP contribution is 2.43. The zero-order valence-corrected chi connectivity index (χ0v) is 19.3. The van der Waals surface area contributed by atoms with E-state index in [1.807, 2.05) is 0 Å². The number of nitrogens with one attached hydrogen (secondary N) is 2. The predicted molar refractivity (Wildman–Crippen MR) is 120 cm³/mol. The molecule has 37 heavy (non-hydrogen) atoms. The molecule has 0 spiro atoms. The van der Waals surface area contributed by atoms with Gasteiger partial charge in [-0.25, -0.2) is 24.2 Å². The highest BCUT2D eigenvalue weighted by Gasteiger charge is 2.58. The van der Waals surface area contributed by atoms with Crippen molar-refractivity contribution in [2.75, 3.05) is 20.3 Å². The van der Waals surface area contributed by atoms with E-state index in [0.717, 1.165) is 5.01 Å². The molecule has 2 aromatic carbocycles. The van der Waals surface area contributed by atoms with Gasteiger partial charge in [-0.3, -0.25) is 4.79 Å². The minimum Gasteiger partial charge on any atom is -0.494 e. The smallest absolute Gasteiger partial charge is 0.406 e. The molecule has 8 nitrogen and oxygen atoms in total. The fourth-order valence-electron chi connectivity index (χ4n) is 4.60. The summed E-state index contributed by atoms with van der Waals surface area (Å²) in [6.07, 6.45) is -8.69. The Bertz CT molecular complexity index is 1330. The summed E-state index contributed by atoms with van der Waals surface area (Å²) in [5, 5.41) is 3.75. The van der Waals surface area contributed by atoms with Crippen LogP contribution in [0.25, 0.3) is 16.7 Å². The third kappa shape index (κ3) is 4.60. The monoisotopic (exact) mass is 524 g/mol. The lowest BCUT2D eigenvalue weighted by atomic mass is 9.89. The number of hydrazine groups is 1. The maximum Gasteiger partial charge on any atom is 0.406 e. The summed E-state index contributed by atoms with van der Waals surface area (Å²) >= 11 is 0. The number of alkyl halides is 5. The molecule has 1 fully saturated rings. The number of hydrogen-bond donors (Lipinski definition) is 2. The third-order valence-electron chi connectivity index (χ3n) is 6.16.